The van der Waals surface area contributed by atoms with E-state index >= 15 is 0 Å². The molecule has 1 aromatic rings. The maximum atomic E-state index is 11.5. The Morgan fingerprint density at radius 3 is 2.88 bits per heavy atom. The van der Waals surface area contributed by atoms with Gasteiger partial charge in [-0.1, -0.05) is 0 Å². The monoisotopic (exact) mass is 243 g/mol. The molecule has 0 aliphatic rings. The fourth-order valence-corrected chi connectivity index (χ4v) is 1.62. The molecule has 0 spiro atoms. The summed E-state index contributed by atoms with van der Waals surface area (Å²) in [6, 6.07) is -1.32. The van der Waals surface area contributed by atoms with Crippen LogP contribution in [0.3, 0.4) is 0 Å². The molecule has 88 valence electrons. The SMILES string of the molecule is CCOC(=O)C(N)C(=O)Nc1nc(C)cs1. The van der Waals surface area contributed by atoms with Crippen molar-refractivity contribution in [2.75, 3.05) is 11.9 Å². The molecule has 0 aliphatic carbocycles. The largest absolute Gasteiger partial charge is 0.464 e. The van der Waals surface area contributed by atoms with Gasteiger partial charge < -0.3 is 15.8 Å². The summed E-state index contributed by atoms with van der Waals surface area (Å²) in [5, 5.41) is 4.65. The maximum absolute atomic E-state index is 11.5. The number of hydrogen-bond acceptors (Lipinski definition) is 6. The molecule has 16 heavy (non-hydrogen) atoms. The average Bonchev–Trinajstić information content (AvgIpc) is 2.63. The van der Waals surface area contributed by atoms with Crippen molar-refractivity contribution in [1.82, 2.24) is 4.98 Å². The van der Waals surface area contributed by atoms with Gasteiger partial charge in [-0.25, -0.2) is 9.78 Å². The number of thiazole rings is 1. The van der Waals surface area contributed by atoms with Crippen molar-refractivity contribution in [3.8, 4) is 0 Å². The average molecular weight is 243 g/mol. The lowest BCUT2D eigenvalue weighted by molar-refractivity contribution is -0.146. The Morgan fingerprint density at radius 1 is 1.69 bits per heavy atom. The van der Waals surface area contributed by atoms with Crippen molar-refractivity contribution in [2.45, 2.75) is 19.9 Å². The third-order valence-electron chi connectivity index (χ3n) is 1.67. The molecule has 0 aliphatic heterocycles. The molecule has 1 aromatic heterocycles. The predicted octanol–water partition coefficient (Wildman–Crippen LogP) is 0.280. The summed E-state index contributed by atoms with van der Waals surface area (Å²) in [6.45, 7) is 3.64. The first-order valence-corrected chi connectivity index (χ1v) is 5.57. The highest BCUT2D eigenvalue weighted by Gasteiger charge is 2.23. The van der Waals surface area contributed by atoms with Crippen LogP contribution in [0.15, 0.2) is 5.38 Å². The predicted molar refractivity (Wildman–Crippen MR) is 60.1 cm³/mol. The highest BCUT2D eigenvalue weighted by molar-refractivity contribution is 7.13. The van der Waals surface area contributed by atoms with Crippen molar-refractivity contribution in [3.63, 3.8) is 0 Å². The molecular weight excluding hydrogens is 230 g/mol. The van der Waals surface area contributed by atoms with Crippen LogP contribution in [0.4, 0.5) is 5.13 Å². The molecule has 0 radical (unpaired) electrons. The van der Waals surface area contributed by atoms with Crippen LogP contribution in [0.1, 0.15) is 12.6 Å². The number of nitrogens with zero attached hydrogens (tertiary/aromatic N) is 1. The Balaban J connectivity index is 2.55. The van der Waals surface area contributed by atoms with Gasteiger partial charge in [0, 0.05) is 5.38 Å². The van der Waals surface area contributed by atoms with E-state index in [0.29, 0.717) is 5.13 Å². The lowest BCUT2D eigenvalue weighted by Gasteiger charge is -2.09. The molecule has 1 rings (SSSR count). The van der Waals surface area contributed by atoms with E-state index in [9.17, 15) is 9.59 Å². The van der Waals surface area contributed by atoms with E-state index in [4.69, 9.17) is 5.73 Å². The van der Waals surface area contributed by atoms with Crippen LogP contribution in [0.2, 0.25) is 0 Å². The summed E-state index contributed by atoms with van der Waals surface area (Å²) in [7, 11) is 0. The Bertz CT molecular complexity index is 391. The zero-order valence-electron chi connectivity index (χ0n) is 9.02. The summed E-state index contributed by atoms with van der Waals surface area (Å²) in [6.07, 6.45) is 0. The molecule has 1 atom stereocenters. The standard InChI is InChI=1S/C9H13N3O3S/c1-3-15-8(14)6(10)7(13)12-9-11-5(2)4-16-9/h4,6H,3,10H2,1-2H3,(H,11,12,13). The molecular formula is C9H13N3O3S. The van der Waals surface area contributed by atoms with Gasteiger partial charge in [-0.05, 0) is 13.8 Å². The molecule has 3 N–H and O–H groups in total. The van der Waals surface area contributed by atoms with Crippen LogP contribution in [-0.2, 0) is 14.3 Å². The van der Waals surface area contributed by atoms with Gasteiger partial charge in [0.1, 0.15) is 0 Å². The van der Waals surface area contributed by atoms with Gasteiger partial charge >= 0.3 is 5.97 Å². The molecule has 0 aromatic carbocycles. The number of carbonyl (C=O) groups is 2. The molecule has 1 amide bonds. The second kappa shape index (κ2) is 5.57. The van der Waals surface area contributed by atoms with Crippen LogP contribution >= 0.6 is 11.3 Å². The van der Waals surface area contributed by atoms with Gasteiger partial charge in [0.05, 0.1) is 12.3 Å². The van der Waals surface area contributed by atoms with Crippen molar-refractivity contribution in [3.05, 3.63) is 11.1 Å². The van der Waals surface area contributed by atoms with Gasteiger partial charge in [-0.3, -0.25) is 4.79 Å². The minimum atomic E-state index is -1.32. The number of aromatic nitrogens is 1. The van der Waals surface area contributed by atoms with Gasteiger partial charge in [-0.15, -0.1) is 11.3 Å². The zero-order valence-corrected chi connectivity index (χ0v) is 9.84. The number of carbonyl (C=O) groups excluding carboxylic acids is 2. The lowest BCUT2D eigenvalue weighted by atomic mass is 10.3. The molecule has 1 heterocycles. The van der Waals surface area contributed by atoms with Crippen LogP contribution < -0.4 is 11.1 Å². The van der Waals surface area contributed by atoms with E-state index < -0.39 is 17.9 Å². The smallest absolute Gasteiger partial charge is 0.332 e. The quantitative estimate of drug-likeness (QED) is 0.585. The number of rotatable bonds is 4. The summed E-state index contributed by atoms with van der Waals surface area (Å²) < 4.78 is 4.63. The van der Waals surface area contributed by atoms with Crippen LogP contribution in [0.25, 0.3) is 0 Å². The lowest BCUT2D eigenvalue weighted by Crippen LogP contribution is -2.43. The van der Waals surface area contributed by atoms with E-state index in [-0.39, 0.29) is 6.61 Å². The van der Waals surface area contributed by atoms with Crippen molar-refractivity contribution >= 4 is 28.3 Å². The number of anilines is 1. The first-order chi connectivity index (χ1) is 7.54. The highest BCUT2D eigenvalue weighted by Crippen LogP contribution is 2.14. The molecule has 7 heteroatoms. The third kappa shape index (κ3) is 3.28. The van der Waals surface area contributed by atoms with Gasteiger partial charge in [0.2, 0.25) is 0 Å². The van der Waals surface area contributed by atoms with E-state index in [1.165, 1.54) is 11.3 Å². The number of nitrogens with two attached hydrogens (primary N) is 1. The third-order valence-corrected chi connectivity index (χ3v) is 2.55. The summed E-state index contributed by atoms with van der Waals surface area (Å²) >= 11 is 1.27. The topological polar surface area (TPSA) is 94.3 Å². The van der Waals surface area contributed by atoms with E-state index in [1.807, 2.05) is 0 Å². The first kappa shape index (κ1) is 12.6. The van der Waals surface area contributed by atoms with Gasteiger partial charge in [0.25, 0.3) is 5.91 Å². The normalized spacial score (nSPS) is 11.9. The maximum Gasteiger partial charge on any atom is 0.332 e. The number of amides is 1. The molecule has 0 bridgehead atoms. The van der Waals surface area contributed by atoms with E-state index in [2.05, 4.69) is 15.0 Å². The fraction of sp³-hybridized carbons (Fsp3) is 0.444. The summed E-state index contributed by atoms with van der Waals surface area (Å²) in [4.78, 5) is 26.6. The number of esters is 1. The van der Waals surface area contributed by atoms with Gasteiger partial charge in [0.15, 0.2) is 11.2 Å². The highest BCUT2D eigenvalue weighted by atomic mass is 32.1. The molecule has 0 saturated carbocycles. The Labute approximate surface area is 96.8 Å². The number of aryl methyl sites for hydroxylation is 1. The Hall–Kier alpha value is -1.47. The summed E-state index contributed by atoms with van der Waals surface area (Å²) in [5.41, 5.74) is 6.19. The molecule has 6 nitrogen and oxygen atoms in total. The molecule has 0 fully saturated rings. The van der Waals surface area contributed by atoms with E-state index in [1.54, 1.807) is 19.2 Å². The first-order valence-electron chi connectivity index (χ1n) is 4.69. The van der Waals surface area contributed by atoms with Crippen LogP contribution in [0.5, 0.6) is 0 Å². The van der Waals surface area contributed by atoms with Crippen LogP contribution in [-0.4, -0.2) is 29.5 Å². The van der Waals surface area contributed by atoms with E-state index in [0.717, 1.165) is 5.69 Å². The van der Waals surface area contributed by atoms with Crippen LogP contribution in [0, 0.1) is 6.92 Å². The Kier molecular flexibility index (Phi) is 4.39. The van der Waals surface area contributed by atoms with Crippen molar-refractivity contribution < 1.29 is 14.3 Å². The number of ether oxygens (including phenoxy) is 1. The molecule has 1 unspecified atom stereocenters. The minimum Gasteiger partial charge on any atom is -0.464 e. The second-order valence-corrected chi connectivity index (χ2v) is 3.87. The van der Waals surface area contributed by atoms with Crippen molar-refractivity contribution in [1.29, 1.82) is 0 Å². The second-order valence-electron chi connectivity index (χ2n) is 3.01. The molecule has 0 saturated heterocycles. The van der Waals surface area contributed by atoms with Crippen molar-refractivity contribution in [2.24, 2.45) is 5.73 Å². The number of hydrogen-bond donors (Lipinski definition) is 2. The minimum absolute atomic E-state index is 0.191. The summed E-state index contributed by atoms with van der Waals surface area (Å²) in [5.74, 6) is -1.36. The van der Waals surface area contributed by atoms with Gasteiger partial charge in [-0.2, -0.15) is 0 Å². The Morgan fingerprint density at radius 2 is 2.38 bits per heavy atom. The number of nitrogens with one attached hydrogen (secondary N) is 1. The zero-order chi connectivity index (χ0) is 12.1. The fourth-order valence-electron chi connectivity index (χ4n) is 0.934.